The Kier molecular flexibility index (Phi) is 7.33. The molecule has 0 unspecified atom stereocenters. The number of aromatic nitrogens is 2. The number of carbonyl (C=O) groups excluding carboxylic acids is 3. The van der Waals surface area contributed by atoms with E-state index < -0.39 is 17.8 Å². The number of hydrogen-bond donors (Lipinski definition) is 2. The van der Waals surface area contributed by atoms with Crippen molar-refractivity contribution in [2.24, 2.45) is 0 Å². The van der Waals surface area contributed by atoms with Crippen molar-refractivity contribution < 1.29 is 18.8 Å². The summed E-state index contributed by atoms with van der Waals surface area (Å²) < 4.78 is 13.1. The molecule has 0 saturated carbocycles. The van der Waals surface area contributed by atoms with E-state index in [2.05, 4.69) is 20.6 Å². The minimum atomic E-state index is -0.841. The number of halogens is 2. The molecule has 0 saturated heterocycles. The van der Waals surface area contributed by atoms with Crippen LogP contribution in [0.1, 0.15) is 37.5 Å². The predicted molar refractivity (Wildman–Crippen MR) is 145 cm³/mol. The first-order chi connectivity index (χ1) is 18.8. The number of nitrogens with one attached hydrogen (secondary N) is 2. The first-order valence-electron chi connectivity index (χ1n) is 12.1. The fraction of sp³-hybridized carbons (Fsp3) is 0.138. The summed E-state index contributed by atoms with van der Waals surface area (Å²) in [6.45, 7) is 1.89. The fourth-order valence-electron chi connectivity index (χ4n) is 4.47. The van der Waals surface area contributed by atoms with Crippen LogP contribution >= 0.6 is 11.6 Å². The highest BCUT2D eigenvalue weighted by atomic mass is 35.5. The second-order valence-electron chi connectivity index (χ2n) is 9.12. The molecule has 8 nitrogen and oxygen atoms in total. The maximum atomic E-state index is 13.8. The van der Waals surface area contributed by atoms with E-state index in [1.54, 1.807) is 61.7 Å². The molecule has 5 rings (SSSR count). The number of rotatable bonds is 6. The van der Waals surface area contributed by atoms with Crippen molar-refractivity contribution in [3.8, 4) is 0 Å². The van der Waals surface area contributed by atoms with E-state index in [1.807, 2.05) is 6.07 Å². The molecule has 3 heterocycles. The SMILES string of the molecule is Cc1cc(CN2C(=O)c3ccc(Cl)cc3NC(=O)[C@H]2Cc2ccccn2)ccc1C(=O)Nc1ccc(F)cn1. The molecule has 0 radical (unpaired) electrons. The van der Waals surface area contributed by atoms with E-state index in [0.717, 1.165) is 11.8 Å². The lowest BCUT2D eigenvalue weighted by atomic mass is 10.0. The van der Waals surface area contributed by atoms with Crippen LogP contribution in [-0.2, 0) is 17.8 Å². The number of anilines is 2. The number of carbonyl (C=O) groups is 3. The van der Waals surface area contributed by atoms with Crippen LogP contribution < -0.4 is 10.6 Å². The Hall–Kier alpha value is -4.63. The van der Waals surface area contributed by atoms with E-state index in [4.69, 9.17) is 11.6 Å². The molecule has 0 fully saturated rings. The van der Waals surface area contributed by atoms with Crippen molar-refractivity contribution in [2.45, 2.75) is 25.9 Å². The van der Waals surface area contributed by atoms with E-state index >= 15 is 0 Å². The molecule has 2 aromatic heterocycles. The number of fused-ring (bicyclic) bond motifs is 1. The molecular weight excluding hydrogens is 521 g/mol. The van der Waals surface area contributed by atoms with Gasteiger partial charge in [-0.15, -0.1) is 0 Å². The van der Waals surface area contributed by atoms with Gasteiger partial charge in [-0.25, -0.2) is 9.37 Å². The van der Waals surface area contributed by atoms with Gasteiger partial charge in [-0.3, -0.25) is 19.4 Å². The lowest BCUT2D eigenvalue weighted by Crippen LogP contribution is -2.46. The minimum Gasteiger partial charge on any atom is -0.323 e. The number of nitrogens with zero attached hydrogens (tertiary/aromatic N) is 3. The summed E-state index contributed by atoms with van der Waals surface area (Å²) in [6, 6.07) is 17.1. The summed E-state index contributed by atoms with van der Waals surface area (Å²) in [4.78, 5) is 49.7. The van der Waals surface area contributed by atoms with Gasteiger partial charge in [-0.1, -0.05) is 29.8 Å². The molecule has 0 spiro atoms. The summed E-state index contributed by atoms with van der Waals surface area (Å²) in [5.41, 5.74) is 3.13. The summed E-state index contributed by atoms with van der Waals surface area (Å²) in [5.74, 6) is -1.36. The van der Waals surface area contributed by atoms with Crippen molar-refractivity contribution in [1.29, 1.82) is 0 Å². The third-order valence-electron chi connectivity index (χ3n) is 6.40. The fourth-order valence-corrected chi connectivity index (χ4v) is 4.64. The first-order valence-corrected chi connectivity index (χ1v) is 12.5. The van der Waals surface area contributed by atoms with Crippen molar-refractivity contribution in [1.82, 2.24) is 14.9 Å². The van der Waals surface area contributed by atoms with Crippen LogP contribution in [0.4, 0.5) is 15.9 Å². The highest BCUT2D eigenvalue weighted by Crippen LogP contribution is 2.29. The number of hydrogen-bond acceptors (Lipinski definition) is 5. The number of aryl methyl sites for hydroxylation is 1. The maximum absolute atomic E-state index is 13.8. The van der Waals surface area contributed by atoms with Crippen LogP contribution in [0.2, 0.25) is 5.02 Å². The molecule has 2 N–H and O–H groups in total. The van der Waals surface area contributed by atoms with Crippen LogP contribution in [-0.4, -0.2) is 38.6 Å². The molecular formula is C29H23ClFN5O3. The van der Waals surface area contributed by atoms with Gasteiger partial charge < -0.3 is 15.5 Å². The van der Waals surface area contributed by atoms with Gasteiger partial charge in [-0.2, -0.15) is 0 Å². The van der Waals surface area contributed by atoms with Gasteiger partial charge in [0.2, 0.25) is 5.91 Å². The van der Waals surface area contributed by atoms with Gasteiger partial charge in [0.25, 0.3) is 11.8 Å². The second-order valence-corrected chi connectivity index (χ2v) is 9.55. The average Bonchev–Trinajstić information content (AvgIpc) is 3.00. The number of benzene rings is 2. The average molecular weight is 544 g/mol. The zero-order valence-corrected chi connectivity index (χ0v) is 21.6. The van der Waals surface area contributed by atoms with Gasteiger partial charge in [0, 0.05) is 35.4 Å². The topological polar surface area (TPSA) is 104 Å². The van der Waals surface area contributed by atoms with E-state index in [-0.39, 0.29) is 30.6 Å². The Morgan fingerprint density at radius 2 is 1.92 bits per heavy atom. The minimum absolute atomic E-state index is 0.119. The van der Waals surface area contributed by atoms with Crippen molar-refractivity contribution in [2.75, 3.05) is 10.6 Å². The molecule has 0 bridgehead atoms. The largest absolute Gasteiger partial charge is 0.323 e. The summed E-state index contributed by atoms with van der Waals surface area (Å²) in [5, 5.41) is 5.89. The van der Waals surface area contributed by atoms with Crippen LogP contribution in [0, 0.1) is 12.7 Å². The third-order valence-corrected chi connectivity index (χ3v) is 6.63. The zero-order chi connectivity index (χ0) is 27.5. The predicted octanol–water partition coefficient (Wildman–Crippen LogP) is 5.04. The summed E-state index contributed by atoms with van der Waals surface area (Å²) in [7, 11) is 0. The molecule has 0 aliphatic carbocycles. The molecule has 10 heteroatoms. The Bertz CT molecular complexity index is 1560. The summed E-state index contributed by atoms with van der Waals surface area (Å²) >= 11 is 6.13. The number of pyridine rings is 2. The van der Waals surface area contributed by atoms with E-state index in [0.29, 0.717) is 33.1 Å². The van der Waals surface area contributed by atoms with Gasteiger partial charge in [-0.05, 0) is 66.6 Å². The highest BCUT2D eigenvalue weighted by Gasteiger charge is 2.36. The van der Waals surface area contributed by atoms with Crippen LogP contribution in [0.25, 0.3) is 0 Å². The zero-order valence-electron chi connectivity index (χ0n) is 20.8. The van der Waals surface area contributed by atoms with Crippen molar-refractivity contribution >= 4 is 40.8 Å². The third kappa shape index (κ3) is 5.78. The Balaban J connectivity index is 1.44. The normalized spacial score (nSPS) is 14.8. The smallest absolute Gasteiger partial charge is 0.257 e. The second kappa shape index (κ2) is 11.0. The quantitative estimate of drug-likeness (QED) is 0.355. The molecule has 39 heavy (non-hydrogen) atoms. The summed E-state index contributed by atoms with van der Waals surface area (Å²) in [6.07, 6.45) is 2.87. The van der Waals surface area contributed by atoms with Gasteiger partial charge >= 0.3 is 0 Å². The monoisotopic (exact) mass is 543 g/mol. The van der Waals surface area contributed by atoms with Crippen LogP contribution in [0.3, 0.4) is 0 Å². The number of amides is 3. The van der Waals surface area contributed by atoms with E-state index in [9.17, 15) is 18.8 Å². The lowest BCUT2D eigenvalue weighted by molar-refractivity contribution is -0.120. The maximum Gasteiger partial charge on any atom is 0.257 e. The molecule has 3 amide bonds. The van der Waals surface area contributed by atoms with Crippen LogP contribution in [0.15, 0.2) is 79.1 Å². The Morgan fingerprint density at radius 1 is 1.08 bits per heavy atom. The molecule has 1 aliphatic heterocycles. The molecule has 1 aliphatic rings. The standard InChI is InChI=1S/C29H23ClFN5O3/c1-17-12-18(5-8-22(17)27(37)35-26-10-7-20(31)15-33-26)16-36-25(14-21-4-2-3-11-32-21)28(38)34-24-13-19(30)6-9-23(24)29(36)39/h2-13,15,25H,14,16H2,1H3,(H,34,38)(H,33,35,37)/t25-/m1/s1. The molecule has 4 aromatic rings. The Morgan fingerprint density at radius 3 is 2.64 bits per heavy atom. The van der Waals surface area contributed by atoms with Gasteiger partial charge in [0.05, 0.1) is 17.4 Å². The van der Waals surface area contributed by atoms with Gasteiger partial charge in [0.1, 0.15) is 17.7 Å². The van der Waals surface area contributed by atoms with Crippen molar-refractivity contribution in [3.63, 3.8) is 0 Å². The van der Waals surface area contributed by atoms with Crippen molar-refractivity contribution in [3.05, 3.63) is 118 Å². The van der Waals surface area contributed by atoms with Gasteiger partial charge in [0.15, 0.2) is 0 Å². The molecule has 1 atom stereocenters. The van der Waals surface area contributed by atoms with Crippen LogP contribution in [0.5, 0.6) is 0 Å². The van der Waals surface area contributed by atoms with E-state index in [1.165, 1.54) is 17.0 Å². The lowest BCUT2D eigenvalue weighted by Gasteiger charge is -2.29. The first kappa shape index (κ1) is 26.0. The highest BCUT2D eigenvalue weighted by molar-refractivity contribution is 6.31. The molecule has 196 valence electrons. The molecule has 2 aromatic carbocycles. The Labute approximate surface area is 228 Å².